The first-order chi connectivity index (χ1) is 5.22. The number of hydrogen-bond donors (Lipinski definition) is 0. The number of hydrogen-bond acceptors (Lipinski definition) is 1. The normalized spacial score (nSPS) is 9.27. The maximum Gasteiger partial charge on any atom is 0.238 e. The fourth-order valence-electron chi connectivity index (χ4n) is 0.691. The van der Waals surface area contributed by atoms with Gasteiger partial charge in [-0.1, -0.05) is 12.1 Å². The smallest absolute Gasteiger partial charge is 0.238 e. The van der Waals surface area contributed by atoms with Gasteiger partial charge in [0.2, 0.25) is 5.91 Å². The third-order valence-corrected chi connectivity index (χ3v) is 1.64. The second kappa shape index (κ2) is 3.39. The molecule has 11 heavy (non-hydrogen) atoms. The van der Waals surface area contributed by atoms with E-state index in [1.54, 1.807) is 24.3 Å². The van der Waals surface area contributed by atoms with Gasteiger partial charge in [0.15, 0.2) is 0 Å². The van der Waals surface area contributed by atoms with E-state index in [2.05, 4.69) is 6.07 Å². The van der Waals surface area contributed by atoms with Crippen molar-refractivity contribution >= 4 is 23.4 Å². The Morgan fingerprint density at radius 1 is 1.55 bits per heavy atom. The largest absolute Gasteiger partial charge is 0.274 e. The zero-order chi connectivity index (χ0) is 8.27. The van der Waals surface area contributed by atoms with Gasteiger partial charge in [-0.25, -0.2) is 4.42 Å². The molecule has 57 valence electrons. The van der Waals surface area contributed by atoms with E-state index in [1.165, 1.54) is 6.92 Å². The second-order valence-corrected chi connectivity index (χ2v) is 2.40. The Morgan fingerprint density at radius 3 is 2.55 bits per heavy atom. The molecule has 0 aliphatic carbocycles. The summed E-state index contributed by atoms with van der Waals surface area (Å²) in [6.45, 7) is 1.41. The molecule has 1 amide bonds. The highest BCUT2D eigenvalue weighted by atomic mass is 35.5. The van der Waals surface area contributed by atoms with Crippen LogP contribution in [0.1, 0.15) is 6.92 Å². The van der Waals surface area contributed by atoms with Crippen molar-refractivity contribution in [3.05, 3.63) is 30.3 Å². The summed E-state index contributed by atoms with van der Waals surface area (Å²) in [5.41, 5.74) is 0.665. The van der Waals surface area contributed by atoms with Gasteiger partial charge < -0.3 is 0 Å². The number of rotatable bonds is 1. The van der Waals surface area contributed by atoms with E-state index < -0.39 is 0 Å². The van der Waals surface area contributed by atoms with Gasteiger partial charge in [-0.15, -0.1) is 0 Å². The predicted octanol–water partition coefficient (Wildman–Crippen LogP) is 1.99. The minimum Gasteiger partial charge on any atom is -0.274 e. The molecule has 0 bridgehead atoms. The van der Waals surface area contributed by atoms with Crippen LogP contribution in [-0.4, -0.2) is 5.91 Å². The van der Waals surface area contributed by atoms with Gasteiger partial charge in [-0.3, -0.25) is 4.79 Å². The first-order valence-electron chi connectivity index (χ1n) is 3.14. The third kappa shape index (κ3) is 1.95. The quantitative estimate of drug-likeness (QED) is 0.588. The molecule has 1 radical (unpaired) electrons. The number of carbonyl (C=O) groups excluding carboxylic acids is 1. The molecule has 1 rings (SSSR count). The summed E-state index contributed by atoms with van der Waals surface area (Å²) in [5.74, 6) is -0.196. The summed E-state index contributed by atoms with van der Waals surface area (Å²) in [7, 11) is 0. The van der Waals surface area contributed by atoms with Gasteiger partial charge in [0, 0.05) is 18.7 Å². The molecule has 1 aromatic rings. The molecule has 0 heterocycles. The second-order valence-electron chi connectivity index (χ2n) is 2.06. The van der Waals surface area contributed by atoms with E-state index in [0.29, 0.717) is 5.69 Å². The summed E-state index contributed by atoms with van der Waals surface area (Å²) in [6, 6.07) is 9.67. The number of halogens is 1. The highest BCUT2D eigenvalue weighted by Gasteiger charge is 2.05. The molecular weight excluding hydrogens is 162 g/mol. The summed E-state index contributed by atoms with van der Waals surface area (Å²) in [4.78, 5) is 10.7. The van der Waals surface area contributed by atoms with Crippen LogP contribution in [0.15, 0.2) is 24.3 Å². The molecule has 0 spiro atoms. The standard InChI is InChI=1S/C8H7ClNO/c1-7(11)10(9)8-5-3-2-4-6-8/h3-6H,1H3. The Labute approximate surface area is 70.5 Å². The number of benzene rings is 1. The first kappa shape index (κ1) is 8.08. The SMILES string of the molecule is CC(=O)N(Cl)c1cc[c]cc1. The van der Waals surface area contributed by atoms with Crippen molar-refractivity contribution in [2.75, 3.05) is 4.42 Å². The van der Waals surface area contributed by atoms with E-state index in [9.17, 15) is 4.79 Å². The average Bonchev–Trinajstić information content (AvgIpc) is 2.05. The van der Waals surface area contributed by atoms with Gasteiger partial charge in [-0.2, -0.15) is 0 Å². The van der Waals surface area contributed by atoms with Crippen LogP contribution >= 0.6 is 11.8 Å². The van der Waals surface area contributed by atoms with E-state index in [4.69, 9.17) is 11.8 Å². The van der Waals surface area contributed by atoms with Gasteiger partial charge in [-0.05, 0) is 18.2 Å². The lowest BCUT2D eigenvalue weighted by molar-refractivity contribution is -0.115. The molecule has 0 unspecified atom stereocenters. The summed E-state index contributed by atoms with van der Waals surface area (Å²) < 4.78 is 1.06. The maximum absolute atomic E-state index is 10.7. The van der Waals surface area contributed by atoms with Crippen LogP contribution in [0.2, 0.25) is 0 Å². The third-order valence-electron chi connectivity index (χ3n) is 1.20. The van der Waals surface area contributed by atoms with Crippen LogP contribution in [0.4, 0.5) is 5.69 Å². The zero-order valence-corrected chi connectivity index (χ0v) is 6.80. The maximum atomic E-state index is 10.7. The van der Waals surface area contributed by atoms with Crippen molar-refractivity contribution in [3.63, 3.8) is 0 Å². The fraction of sp³-hybridized carbons (Fsp3) is 0.125. The Kier molecular flexibility index (Phi) is 2.49. The Bertz CT molecular complexity index is 248. The number of anilines is 1. The molecule has 0 aromatic heterocycles. The van der Waals surface area contributed by atoms with Crippen molar-refractivity contribution in [2.24, 2.45) is 0 Å². The van der Waals surface area contributed by atoms with Crippen molar-refractivity contribution < 1.29 is 4.79 Å². The van der Waals surface area contributed by atoms with Crippen molar-refractivity contribution in [1.82, 2.24) is 0 Å². The van der Waals surface area contributed by atoms with Crippen LogP contribution in [0.5, 0.6) is 0 Å². The molecular formula is C8H7ClNO. The molecule has 0 saturated heterocycles. The van der Waals surface area contributed by atoms with Crippen LogP contribution < -0.4 is 4.42 Å². The molecule has 3 heteroatoms. The summed E-state index contributed by atoms with van der Waals surface area (Å²) in [6.07, 6.45) is 0. The van der Waals surface area contributed by atoms with E-state index in [0.717, 1.165) is 4.42 Å². The van der Waals surface area contributed by atoms with E-state index >= 15 is 0 Å². The Balaban J connectivity index is 2.85. The number of carbonyl (C=O) groups is 1. The fourth-order valence-corrected chi connectivity index (χ4v) is 0.803. The van der Waals surface area contributed by atoms with Gasteiger partial charge in [0.1, 0.15) is 0 Å². The first-order valence-corrected chi connectivity index (χ1v) is 3.48. The van der Waals surface area contributed by atoms with E-state index in [1.807, 2.05) is 0 Å². The van der Waals surface area contributed by atoms with Gasteiger partial charge in [0.05, 0.1) is 5.69 Å². The highest BCUT2D eigenvalue weighted by Crippen LogP contribution is 2.14. The molecule has 0 atom stereocenters. The Hall–Kier alpha value is -1.02. The van der Waals surface area contributed by atoms with Crippen molar-refractivity contribution in [3.8, 4) is 0 Å². The molecule has 2 nitrogen and oxygen atoms in total. The molecule has 0 fully saturated rings. The average molecular weight is 169 g/mol. The lowest BCUT2D eigenvalue weighted by atomic mass is 10.3. The lowest BCUT2D eigenvalue weighted by Crippen LogP contribution is -2.15. The van der Waals surface area contributed by atoms with E-state index in [-0.39, 0.29) is 5.91 Å². The van der Waals surface area contributed by atoms with Gasteiger partial charge in [0.25, 0.3) is 0 Å². The molecule has 0 N–H and O–H groups in total. The van der Waals surface area contributed by atoms with Crippen LogP contribution in [0.25, 0.3) is 0 Å². The minimum absolute atomic E-state index is 0.196. The van der Waals surface area contributed by atoms with Crippen molar-refractivity contribution in [1.29, 1.82) is 0 Å². The monoisotopic (exact) mass is 168 g/mol. The van der Waals surface area contributed by atoms with Gasteiger partial charge >= 0.3 is 0 Å². The number of amides is 1. The predicted molar refractivity (Wildman–Crippen MR) is 44.3 cm³/mol. The minimum atomic E-state index is -0.196. The van der Waals surface area contributed by atoms with Crippen LogP contribution in [-0.2, 0) is 4.79 Å². The summed E-state index contributed by atoms with van der Waals surface area (Å²) >= 11 is 5.61. The molecule has 1 aromatic carbocycles. The zero-order valence-electron chi connectivity index (χ0n) is 6.04. The highest BCUT2D eigenvalue weighted by molar-refractivity contribution is 6.36. The Morgan fingerprint density at radius 2 is 2.09 bits per heavy atom. The van der Waals surface area contributed by atoms with Crippen LogP contribution in [0.3, 0.4) is 0 Å². The van der Waals surface area contributed by atoms with Crippen LogP contribution in [0, 0.1) is 6.07 Å². The summed E-state index contributed by atoms with van der Waals surface area (Å²) in [5, 5.41) is 0. The molecule has 0 aliphatic rings. The number of nitrogens with zero attached hydrogens (tertiary/aromatic N) is 1. The van der Waals surface area contributed by atoms with Crippen molar-refractivity contribution in [2.45, 2.75) is 6.92 Å². The molecule has 0 aliphatic heterocycles. The molecule has 0 saturated carbocycles. The lowest BCUT2D eigenvalue weighted by Gasteiger charge is -2.09. The topological polar surface area (TPSA) is 20.3 Å².